The molecule has 1 heterocycles. The molecule has 4 nitrogen and oxygen atoms in total. The van der Waals surface area contributed by atoms with Gasteiger partial charge in [0.25, 0.3) is 5.56 Å². The Labute approximate surface area is 111 Å². The predicted octanol–water partition coefficient (Wildman–Crippen LogP) is 2.63. The molecule has 0 amide bonds. The van der Waals surface area contributed by atoms with Crippen molar-refractivity contribution in [1.29, 1.82) is 0 Å². The Bertz CT molecular complexity index is 563. The summed E-state index contributed by atoms with van der Waals surface area (Å²) in [6, 6.07) is 0.522. The van der Waals surface area contributed by atoms with E-state index < -0.39 is 40.3 Å². The summed E-state index contributed by atoms with van der Waals surface area (Å²) in [6.07, 6.45) is -4.09. The van der Waals surface area contributed by atoms with Gasteiger partial charge in [-0.25, -0.2) is 0 Å². The van der Waals surface area contributed by atoms with Gasteiger partial charge in [-0.3, -0.25) is 9.59 Å². The van der Waals surface area contributed by atoms with Gasteiger partial charge in [0.2, 0.25) is 0 Å². The zero-order valence-corrected chi connectivity index (χ0v) is 10.8. The highest BCUT2D eigenvalue weighted by Gasteiger charge is 2.34. The first-order chi connectivity index (χ1) is 8.45. The third-order valence-electron chi connectivity index (χ3n) is 2.51. The molecule has 0 saturated carbocycles. The molecule has 0 radical (unpaired) electrons. The number of aromatic nitrogens is 1. The number of carboxylic acid groups (broad SMARTS) is 1. The zero-order valence-electron chi connectivity index (χ0n) is 10.1. The van der Waals surface area contributed by atoms with Gasteiger partial charge >= 0.3 is 12.1 Å². The number of halogens is 4. The first kappa shape index (κ1) is 15.6. The summed E-state index contributed by atoms with van der Waals surface area (Å²) in [5.41, 5.74) is -3.35. The molecular weight excluding hydrogens is 287 g/mol. The van der Waals surface area contributed by atoms with Gasteiger partial charge in [-0.15, -0.1) is 0 Å². The van der Waals surface area contributed by atoms with E-state index in [1.54, 1.807) is 0 Å². The molecule has 1 aromatic rings. The average Bonchev–Trinajstić information content (AvgIpc) is 2.22. The van der Waals surface area contributed by atoms with E-state index in [2.05, 4.69) is 0 Å². The van der Waals surface area contributed by atoms with Crippen LogP contribution in [0.15, 0.2) is 17.1 Å². The number of alkyl halides is 3. The Morgan fingerprint density at radius 1 is 1.42 bits per heavy atom. The summed E-state index contributed by atoms with van der Waals surface area (Å²) in [4.78, 5) is 22.6. The van der Waals surface area contributed by atoms with Crippen LogP contribution in [0.25, 0.3) is 0 Å². The highest BCUT2D eigenvalue weighted by molar-refractivity contribution is 6.30. The van der Waals surface area contributed by atoms with Crippen LogP contribution >= 0.6 is 11.6 Å². The van der Waals surface area contributed by atoms with Crippen LogP contribution in [0, 0.1) is 5.41 Å². The minimum absolute atomic E-state index is 0.412. The largest absolute Gasteiger partial charge is 0.481 e. The Hall–Kier alpha value is -1.50. The molecule has 1 aromatic heterocycles. The molecule has 1 N–H and O–H groups in total. The van der Waals surface area contributed by atoms with Gasteiger partial charge in [-0.1, -0.05) is 11.6 Å². The van der Waals surface area contributed by atoms with Gasteiger partial charge in [-0.05, 0) is 19.9 Å². The second-order valence-electron chi connectivity index (χ2n) is 4.70. The predicted molar refractivity (Wildman–Crippen MR) is 62.1 cm³/mol. The molecule has 0 atom stereocenters. The van der Waals surface area contributed by atoms with E-state index in [4.69, 9.17) is 16.7 Å². The number of pyridine rings is 1. The van der Waals surface area contributed by atoms with E-state index in [1.807, 2.05) is 0 Å². The Kier molecular flexibility index (Phi) is 4.00. The van der Waals surface area contributed by atoms with Crippen LogP contribution in [-0.2, 0) is 17.5 Å². The van der Waals surface area contributed by atoms with Crippen LogP contribution in [-0.4, -0.2) is 15.6 Å². The van der Waals surface area contributed by atoms with E-state index in [0.717, 1.165) is 0 Å². The number of nitrogens with zero attached hydrogens (tertiary/aromatic N) is 1. The molecule has 0 unspecified atom stereocenters. The molecule has 0 aliphatic heterocycles. The maximum absolute atomic E-state index is 12.6. The second kappa shape index (κ2) is 4.88. The Morgan fingerprint density at radius 3 is 2.37 bits per heavy atom. The van der Waals surface area contributed by atoms with Crippen molar-refractivity contribution in [3.8, 4) is 0 Å². The number of carbonyl (C=O) groups is 1. The minimum atomic E-state index is -4.66. The van der Waals surface area contributed by atoms with E-state index in [0.29, 0.717) is 16.8 Å². The molecule has 1 rings (SSSR count). The fraction of sp³-hybridized carbons (Fsp3) is 0.455. The standard InChI is InChI=1S/C11H11ClF3NO3/c1-10(2,9(18)19)5-16-4-6(11(13,14)15)3-7(12)8(16)17/h3-4H,5H2,1-2H3,(H,18,19). The zero-order chi connectivity index (χ0) is 15.0. The number of rotatable bonds is 3. The monoisotopic (exact) mass is 297 g/mol. The lowest BCUT2D eigenvalue weighted by molar-refractivity contribution is -0.147. The average molecular weight is 298 g/mol. The summed E-state index contributed by atoms with van der Waals surface area (Å²) in [6.45, 7) is 2.19. The molecule has 106 valence electrons. The lowest BCUT2D eigenvalue weighted by atomic mass is 9.93. The molecule has 0 bridgehead atoms. The van der Waals surface area contributed by atoms with E-state index in [9.17, 15) is 22.8 Å². The molecule has 0 aromatic carbocycles. The van der Waals surface area contributed by atoms with Crippen LogP contribution in [0.2, 0.25) is 5.02 Å². The smallest absolute Gasteiger partial charge is 0.417 e. The van der Waals surface area contributed by atoms with Gasteiger partial charge in [0.15, 0.2) is 0 Å². The highest BCUT2D eigenvalue weighted by atomic mass is 35.5. The molecule has 0 saturated heterocycles. The number of aliphatic carboxylic acids is 1. The maximum Gasteiger partial charge on any atom is 0.417 e. The number of hydrogen-bond acceptors (Lipinski definition) is 2. The van der Waals surface area contributed by atoms with Crippen molar-refractivity contribution in [3.63, 3.8) is 0 Å². The molecule has 8 heteroatoms. The van der Waals surface area contributed by atoms with Crippen LogP contribution < -0.4 is 5.56 Å². The van der Waals surface area contributed by atoms with Crippen molar-refractivity contribution in [2.24, 2.45) is 5.41 Å². The van der Waals surface area contributed by atoms with Gasteiger partial charge < -0.3 is 9.67 Å². The van der Waals surface area contributed by atoms with Gasteiger partial charge in [0, 0.05) is 12.7 Å². The van der Waals surface area contributed by atoms with E-state index in [1.165, 1.54) is 13.8 Å². The number of hydrogen-bond donors (Lipinski definition) is 1. The van der Waals surface area contributed by atoms with Crippen LogP contribution in [0.3, 0.4) is 0 Å². The summed E-state index contributed by atoms with van der Waals surface area (Å²) in [5, 5.41) is 8.32. The summed E-state index contributed by atoms with van der Waals surface area (Å²) in [5.74, 6) is -1.23. The first-order valence-corrected chi connectivity index (χ1v) is 5.53. The van der Waals surface area contributed by atoms with Gasteiger partial charge in [-0.2, -0.15) is 13.2 Å². The molecule has 0 spiro atoms. The topological polar surface area (TPSA) is 59.3 Å². The fourth-order valence-corrected chi connectivity index (χ4v) is 1.59. The molecule has 19 heavy (non-hydrogen) atoms. The third-order valence-corrected chi connectivity index (χ3v) is 2.79. The highest BCUT2D eigenvalue weighted by Crippen LogP contribution is 2.30. The van der Waals surface area contributed by atoms with Crippen molar-refractivity contribution >= 4 is 17.6 Å². The van der Waals surface area contributed by atoms with Gasteiger partial charge in [0.1, 0.15) is 5.02 Å². The van der Waals surface area contributed by atoms with Crippen molar-refractivity contribution in [3.05, 3.63) is 33.2 Å². The van der Waals surface area contributed by atoms with Crippen molar-refractivity contribution in [2.75, 3.05) is 0 Å². The van der Waals surface area contributed by atoms with E-state index in [-0.39, 0.29) is 0 Å². The quantitative estimate of drug-likeness (QED) is 0.933. The number of carboxylic acids is 1. The summed E-state index contributed by atoms with van der Waals surface area (Å²) >= 11 is 5.45. The fourth-order valence-electron chi connectivity index (χ4n) is 1.37. The molecule has 0 aliphatic carbocycles. The first-order valence-electron chi connectivity index (χ1n) is 5.16. The Balaban J connectivity index is 3.33. The lowest BCUT2D eigenvalue weighted by Crippen LogP contribution is -2.34. The van der Waals surface area contributed by atoms with Crippen molar-refractivity contribution in [2.45, 2.75) is 26.6 Å². The van der Waals surface area contributed by atoms with Crippen LogP contribution in [0.4, 0.5) is 13.2 Å². The lowest BCUT2D eigenvalue weighted by Gasteiger charge is -2.21. The SMILES string of the molecule is CC(C)(Cn1cc(C(F)(F)F)cc(Cl)c1=O)C(=O)O. The maximum atomic E-state index is 12.6. The Morgan fingerprint density at radius 2 is 1.95 bits per heavy atom. The van der Waals surface area contributed by atoms with Crippen LogP contribution in [0.1, 0.15) is 19.4 Å². The van der Waals surface area contributed by atoms with Crippen LogP contribution in [0.5, 0.6) is 0 Å². The minimum Gasteiger partial charge on any atom is -0.481 e. The van der Waals surface area contributed by atoms with E-state index >= 15 is 0 Å². The van der Waals surface area contributed by atoms with Gasteiger partial charge in [0.05, 0.1) is 11.0 Å². The normalized spacial score (nSPS) is 12.5. The molecule has 0 fully saturated rings. The molecule has 0 aliphatic rings. The van der Waals surface area contributed by atoms with Crippen molar-refractivity contribution in [1.82, 2.24) is 4.57 Å². The van der Waals surface area contributed by atoms with Crippen molar-refractivity contribution < 1.29 is 23.1 Å². The third kappa shape index (κ3) is 3.50. The second-order valence-corrected chi connectivity index (χ2v) is 5.10. The summed E-state index contributed by atoms with van der Waals surface area (Å²) in [7, 11) is 0. The summed E-state index contributed by atoms with van der Waals surface area (Å²) < 4.78 is 38.4. The molecular formula is C11H11ClF3NO3.